The third-order valence-electron chi connectivity index (χ3n) is 6.04. The zero-order valence-electron chi connectivity index (χ0n) is 16.1. The quantitative estimate of drug-likeness (QED) is 0.337. The highest BCUT2D eigenvalue weighted by Gasteiger charge is 2.31. The highest BCUT2D eigenvalue weighted by Crippen LogP contribution is 2.32. The number of carbonyl (C=O) groups excluding carboxylic acids is 1. The lowest BCUT2D eigenvalue weighted by molar-refractivity contribution is -0.126. The molecule has 0 aromatic heterocycles. The lowest BCUT2D eigenvalue weighted by Gasteiger charge is -2.30. The Labute approximate surface area is 150 Å². The van der Waals surface area contributed by atoms with Crippen molar-refractivity contribution in [2.75, 3.05) is 13.2 Å². The van der Waals surface area contributed by atoms with Crippen molar-refractivity contribution in [3.05, 3.63) is 12.2 Å². The minimum atomic E-state index is -1.50. The average Bonchev–Trinajstić information content (AvgIpc) is 2.59. The molecule has 1 saturated carbocycles. The normalized spacial score (nSPS) is 22.9. The molecule has 0 aromatic rings. The number of rotatable bonds is 10. The molecule has 0 heterocycles. The number of ketones is 1. The van der Waals surface area contributed by atoms with E-state index in [4.69, 9.17) is 4.43 Å². The summed E-state index contributed by atoms with van der Waals surface area (Å²) in [6.07, 6.45) is 6.74. The molecule has 1 N–H and O–H groups in total. The molecule has 0 aliphatic heterocycles. The second kappa shape index (κ2) is 11.2. The van der Waals surface area contributed by atoms with E-state index in [-0.39, 0.29) is 24.2 Å². The molecule has 140 valence electrons. The number of hydrogen-bond acceptors (Lipinski definition) is 3. The molecule has 3 nitrogen and oxygen atoms in total. The Hall–Kier alpha value is -0.453. The van der Waals surface area contributed by atoms with Crippen LogP contribution in [0.15, 0.2) is 12.2 Å². The lowest BCUT2D eigenvalue weighted by Crippen LogP contribution is -2.36. The van der Waals surface area contributed by atoms with Gasteiger partial charge in [-0.3, -0.25) is 4.79 Å². The first-order valence-electron chi connectivity index (χ1n) is 9.98. The first-order valence-corrected chi connectivity index (χ1v) is 12.5. The van der Waals surface area contributed by atoms with Crippen LogP contribution in [0.2, 0.25) is 18.1 Å². The van der Waals surface area contributed by atoms with Gasteiger partial charge in [-0.05, 0) is 49.7 Å². The van der Waals surface area contributed by atoms with Crippen molar-refractivity contribution >= 4 is 14.1 Å². The van der Waals surface area contributed by atoms with E-state index >= 15 is 0 Å². The summed E-state index contributed by atoms with van der Waals surface area (Å²) in [5.74, 6) is 0.163. The van der Waals surface area contributed by atoms with Crippen LogP contribution >= 0.6 is 0 Å². The molecule has 4 heteroatoms. The van der Waals surface area contributed by atoms with Crippen molar-refractivity contribution in [2.24, 2.45) is 11.8 Å². The fourth-order valence-electron chi connectivity index (χ4n) is 4.00. The summed E-state index contributed by atoms with van der Waals surface area (Å²) in [4.78, 5) is 12.3. The van der Waals surface area contributed by atoms with Crippen molar-refractivity contribution < 1.29 is 14.3 Å². The second-order valence-corrected chi connectivity index (χ2v) is 12.1. The third kappa shape index (κ3) is 6.12. The lowest BCUT2D eigenvalue weighted by atomic mass is 9.76. The summed E-state index contributed by atoms with van der Waals surface area (Å²) >= 11 is 0. The van der Waals surface area contributed by atoms with E-state index in [1.807, 2.05) is 0 Å². The van der Waals surface area contributed by atoms with Crippen molar-refractivity contribution in [2.45, 2.75) is 83.8 Å². The van der Waals surface area contributed by atoms with Crippen LogP contribution in [-0.4, -0.2) is 32.4 Å². The Kier molecular flexibility index (Phi) is 10.1. The maximum absolute atomic E-state index is 12.3. The van der Waals surface area contributed by atoms with Gasteiger partial charge in [0.15, 0.2) is 8.32 Å². The first-order chi connectivity index (χ1) is 11.5. The van der Waals surface area contributed by atoms with Gasteiger partial charge >= 0.3 is 0 Å². The molecule has 0 aromatic carbocycles. The summed E-state index contributed by atoms with van der Waals surface area (Å²) in [5, 5.41) is 9.69. The Morgan fingerprint density at radius 1 is 1.21 bits per heavy atom. The second-order valence-electron chi connectivity index (χ2n) is 7.32. The Morgan fingerprint density at radius 3 is 2.46 bits per heavy atom. The van der Waals surface area contributed by atoms with Crippen LogP contribution in [0.25, 0.3) is 0 Å². The zero-order valence-corrected chi connectivity index (χ0v) is 17.1. The molecule has 1 rings (SSSR count). The molecular formula is C20H38O3Si. The molecule has 1 aliphatic carbocycles. The van der Waals surface area contributed by atoms with Gasteiger partial charge < -0.3 is 9.53 Å². The van der Waals surface area contributed by atoms with Crippen molar-refractivity contribution in [3.63, 3.8) is 0 Å². The number of carbonyl (C=O) groups is 1. The van der Waals surface area contributed by atoms with Crippen LogP contribution < -0.4 is 0 Å². The number of aliphatic hydroxyl groups is 1. The van der Waals surface area contributed by atoms with Gasteiger partial charge in [0, 0.05) is 18.9 Å². The monoisotopic (exact) mass is 354 g/mol. The topological polar surface area (TPSA) is 46.5 Å². The molecule has 0 amide bonds. The maximum Gasteiger partial charge on any atom is 0.191 e. The minimum absolute atomic E-state index is 0.0312. The van der Waals surface area contributed by atoms with Crippen LogP contribution in [0, 0.1) is 11.8 Å². The van der Waals surface area contributed by atoms with Crippen LogP contribution in [0.5, 0.6) is 0 Å². The van der Waals surface area contributed by atoms with E-state index < -0.39 is 8.32 Å². The van der Waals surface area contributed by atoms with Gasteiger partial charge in [-0.15, -0.1) is 0 Å². The van der Waals surface area contributed by atoms with Gasteiger partial charge in [0.05, 0.1) is 6.61 Å². The standard InChI is InChI=1S/C20H38O3Si/c1-5-24(6-2,7-3)23-15-11-12-17(4)18-13-9-8-10-14-20(22)19(18)16-21/h18-19,21H,4-16H2,1-3H3. The Balaban J connectivity index is 2.51. The maximum atomic E-state index is 12.3. The Morgan fingerprint density at radius 2 is 1.88 bits per heavy atom. The van der Waals surface area contributed by atoms with Crippen LogP contribution in [-0.2, 0) is 9.22 Å². The van der Waals surface area contributed by atoms with Crippen LogP contribution in [0.3, 0.4) is 0 Å². The molecule has 0 bridgehead atoms. The van der Waals surface area contributed by atoms with Crippen LogP contribution in [0.4, 0.5) is 0 Å². The zero-order chi connectivity index (χ0) is 18.0. The van der Waals surface area contributed by atoms with Crippen molar-refractivity contribution in [1.29, 1.82) is 0 Å². The van der Waals surface area contributed by atoms with E-state index in [1.165, 1.54) is 18.1 Å². The third-order valence-corrected chi connectivity index (χ3v) is 10.7. The Bertz CT molecular complexity index is 382. The molecule has 1 fully saturated rings. The highest BCUT2D eigenvalue weighted by atomic mass is 28.4. The van der Waals surface area contributed by atoms with E-state index in [0.29, 0.717) is 6.42 Å². The molecule has 2 atom stereocenters. The first kappa shape index (κ1) is 21.6. The molecule has 0 radical (unpaired) electrons. The number of aliphatic hydroxyl groups excluding tert-OH is 1. The van der Waals surface area contributed by atoms with Crippen molar-refractivity contribution in [3.8, 4) is 0 Å². The highest BCUT2D eigenvalue weighted by molar-refractivity contribution is 6.73. The number of Topliss-reactive ketones (excluding diaryl/α,β-unsaturated/α-hetero) is 1. The smallest absolute Gasteiger partial charge is 0.191 e. The molecule has 24 heavy (non-hydrogen) atoms. The summed E-state index contributed by atoms with van der Waals surface area (Å²) in [6.45, 7) is 11.8. The molecule has 1 aliphatic rings. The van der Waals surface area contributed by atoms with Crippen molar-refractivity contribution in [1.82, 2.24) is 0 Å². The van der Waals surface area contributed by atoms with E-state index in [9.17, 15) is 9.90 Å². The van der Waals surface area contributed by atoms with Gasteiger partial charge in [-0.25, -0.2) is 0 Å². The fourth-order valence-corrected chi connectivity index (χ4v) is 6.69. The van der Waals surface area contributed by atoms with E-state index in [0.717, 1.165) is 50.7 Å². The van der Waals surface area contributed by atoms with Gasteiger partial charge in [-0.1, -0.05) is 45.8 Å². The van der Waals surface area contributed by atoms with Gasteiger partial charge in [0.1, 0.15) is 5.78 Å². The molecule has 0 saturated heterocycles. The average molecular weight is 355 g/mol. The van der Waals surface area contributed by atoms with Crippen LogP contribution in [0.1, 0.15) is 65.7 Å². The molecule has 2 unspecified atom stereocenters. The minimum Gasteiger partial charge on any atom is -0.417 e. The number of allylic oxidation sites excluding steroid dienone is 1. The summed E-state index contributed by atoms with van der Waals surface area (Å²) in [7, 11) is -1.50. The summed E-state index contributed by atoms with van der Waals surface area (Å²) < 4.78 is 6.32. The predicted octanol–water partition coefficient (Wildman–Crippen LogP) is 5.10. The number of hydrogen-bond donors (Lipinski definition) is 1. The fraction of sp³-hybridized carbons (Fsp3) is 0.850. The SMILES string of the molecule is C=C(CCCO[Si](CC)(CC)CC)C1CCCCCC(=O)C1CO. The predicted molar refractivity (Wildman–Crippen MR) is 104 cm³/mol. The van der Waals surface area contributed by atoms with Gasteiger partial charge in [0.25, 0.3) is 0 Å². The van der Waals surface area contributed by atoms with E-state index in [1.54, 1.807) is 0 Å². The van der Waals surface area contributed by atoms with E-state index in [2.05, 4.69) is 27.4 Å². The summed E-state index contributed by atoms with van der Waals surface area (Å²) in [6, 6.07) is 3.56. The molecule has 0 spiro atoms. The summed E-state index contributed by atoms with van der Waals surface area (Å²) in [5.41, 5.74) is 1.14. The van der Waals surface area contributed by atoms with Gasteiger partial charge in [0.2, 0.25) is 0 Å². The van der Waals surface area contributed by atoms with Gasteiger partial charge in [-0.2, -0.15) is 0 Å². The largest absolute Gasteiger partial charge is 0.417 e. The molecular weight excluding hydrogens is 316 g/mol.